The maximum atomic E-state index is 12.3. The summed E-state index contributed by atoms with van der Waals surface area (Å²) in [5, 5.41) is 9.11. The van der Waals surface area contributed by atoms with Crippen molar-refractivity contribution in [1.29, 1.82) is 0 Å². The van der Waals surface area contributed by atoms with Gasteiger partial charge in [0.2, 0.25) is 5.91 Å². The molecule has 4 aromatic rings. The monoisotopic (exact) mass is 479 g/mol. The molecule has 0 unspecified atom stereocenters. The molecule has 0 bridgehead atoms. The maximum Gasteiger partial charge on any atom is 0.251 e. The molecular weight excluding hydrogens is 450 g/mol. The van der Waals surface area contributed by atoms with Crippen LogP contribution in [0.1, 0.15) is 36.0 Å². The Hall–Kier alpha value is -4.52. The topological polar surface area (TPSA) is 96.0 Å². The first-order chi connectivity index (χ1) is 17.7. The smallest absolute Gasteiger partial charge is 0.251 e. The molecule has 0 aliphatic carbocycles. The van der Waals surface area contributed by atoms with E-state index in [2.05, 4.69) is 25.9 Å². The Morgan fingerprint density at radius 2 is 1.42 bits per heavy atom. The van der Waals surface area contributed by atoms with Gasteiger partial charge >= 0.3 is 0 Å². The van der Waals surface area contributed by atoms with Gasteiger partial charge in [0.05, 0.1) is 5.69 Å². The molecular formula is C29H29N5O2. The molecule has 2 amide bonds. The number of benzene rings is 3. The van der Waals surface area contributed by atoms with Crippen LogP contribution >= 0.6 is 0 Å². The standard InChI is InChI=1S/C29H29N5O2/c35-28(14-8-3-9-19-30-29(36)23-12-6-2-7-13-23)34-25-17-15-24(16-18-25)33-27-20-26(31-21-32-27)22-10-4-1-5-11-22/h1-2,4-7,10-13,15-18,20-21H,3,8-9,14,19H2,(H,30,36)(H,34,35)(H,31,32,33). The van der Waals surface area contributed by atoms with Crippen LogP contribution in [-0.4, -0.2) is 28.3 Å². The molecule has 36 heavy (non-hydrogen) atoms. The van der Waals surface area contributed by atoms with E-state index in [4.69, 9.17) is 0 Å². The van der Waals surface area contributed by atoms with Crippen molar-refractivity contribution in [3.8, 4) is 11.3 Å². The molecule has 0 aliphatic heterocycles. The normalized spacial score (nSPS) is 10.4. The van der Waals surface area contributed by atoms with Crippen LogP contribution in [0.5, 0.6) is 0 Å². The SMILES string of the molecule is O=C(CCCCCNC(=O)c1ccccc1)Nc1ccc(Nc2cc(-c3ccccc3)ncn2)cc1. The van der Waals surface area contributed by atoms with E-state index in [1.54, 1.807) is 12.1 Å². The molecule has 1 heterocycles. The lowest BCUT2D eigenvalue weighted by atomic mass is 10.1. The van der Waals surface area contributed by atoms with Crippen LogP contribution < -0.4 is 16.0 Å². The van der Waals surface area contributed by atoms with Crippen LogP contribution in [0.4, 0.5) is 17.2 Å². The average molecular weight is 480 g/mol. The maximum absolute atomic E-state index is 12.3. The van der Waals surface area contributed by atoms with E-state index in [0.29, 0.717) is 24.3 Å². The zero-order valence-electron chi connectivity index (χ0n) is 20.0. The van der Waals surface area contributed by atoms with Crippen molar-refractivity contribution in [2.75, 3.05) is 17.2 Å². The fourth-order valence-corrected chi connectivity index (χ4v) is 3.68. The van der Waals surface area contributed by atoms with Crippen LogP contribution in [0.25, 0.3) is 11.3 Å². The summed E-state index contributed by atoms with van der Waals surface area (Å²) in [6.07, 6.45) is 4.45. The van der Waals surface area contributed by atoms with Gasteiger partial charge in [0.1, 0.15) is 12.1 Å². The van der Waals surface area contributed by atoms with Crippen LogP contribution in [0.3, 0.4) is 0 Å². The summed E-state index contributed by atoms with van der Waals surface area (Å²) in [6, 6.07) is 28.5. The minimum atomic E-state index is -0.0670. The number of carbonyl (C=O) groups is 2. The summed E-state index contributed by atoms with van der Waals surface area (Å²) in [4.78, 5) is 32.9. The van der Waals surface area contributed by atoms with Crippen molar-refractivity contribution in [3.05, 3.63) is 103 Å². The molecule has 0 aliphatic rings. The number of amides is 2. The van der Waals surface area contributed by atoms with Gasteiger partial charge in [-0.1, -0.05) is 55.0 Å². The molecule has 0 spiro atoms. The number of aromatic nitrogens is 2. The van der Waals surface area contributed by atoms with Crippen molar-refractivity contribution >= 4 is 29.0 Å². The van der Waals surface area contributed by atoms with Crippen LogP contribution in [0.15, 0.2) is 97.3 Å². The molecule has 3 aromatic carbocycles. The first kappa shape index (κ1) is 24.6. The average Bonchev–Trinajstić information content (AvgIpc) is 2.93. The molecule has 3 N–H and O–H groups in total. The number of rotatable bonds is 11. The van der Waals surface area contributed by atoms with Crippen molar-refractivity contribution in [1.82, 2.24) is 15.3 Å². The number of anilines is 3. The largest absolute Gasteiger partial charge is 0.352 e. The molecule has 0 saturated heterocycles. The highest BCUT2D eigenvalue weighted by atomic mass is 16.2. The van der Waals surface area contributed by atoms with Crippen LogP contribution in [-0.2, 0) is 4.79 Å². The first-order valence-electron chi connectivity index (χ1n) is 12.0. The summed E-state index contributed by atoms with van der Waals surface area (Å²) in [7, 11) is 0. The Labute approximate surface area is 211 Å². The second-order valence-corrected chi connectivity index (χ2v) is 8.34. The summed E-state index contributed by atoms with van der Waals surface area (Å²) < 4.78 is 0. The van der Waals surface area contributed by atoms with Crippen LogP contribution in [0.2, 0.25) is 0 Å². The van der Waals surface area contributed by atoms with E-state index in [1.165, 1.54) is 6.33 Å². The number of hydrogen-bond donors (Lipinski definition) is 3. The van der Waals surface area contributed by atoms with Crippen molar-refractivity contribution < 1.29 is 9.59 Å². The molecule has 182 valence electrons. The van der Waals surface area contributed by atoms with Gasteiger partial charge in [-0.05, 0) is 49.2 Å². The van der Waals surface area contributed by atoms with Gasteiger partial charge < -0.3 is 16.0 Å². The Kier molecular flexibility index (Phi) is 8.75. The predicted molar refractivity (Wildman–Crippen MR) is 143 cm³/mol. The van der Waals surface area contributed by atoms with E-state index >= 15 is 0 Å². The van der Waals surface area contributed by atoms with Gasteiger partial charge in [-0.15, -0.1) is 0 Å². The molecule has 0 atom stereocenters. The summed E-state index contributed by atoms with van der Waals surface area (Å²) in [6.45, 7) is 0.600. The van der Waals surface area contributed by atoms with Crippen molar-refractivity contribution in [3.63, 3.8) is 0 Å². The number of nitrogens with one attached hydrogen (secondary N) is 3. The van der Waals surface area contributed by atoms with Crippen LogP contribution in [0, 0.1) is 0 Å². The van der Waals surface area contributed by atoms with E-state index in [1.807, 2.05) is 78.9 Å². The quantitative estimate of drug-likeness (QED) is 0.236. The zero-order valence-corrected chi connectivity index (χ0v) is 20.0. The third kappa shape index (κ3) is 7.50. The van der Waals surface area contributed by atoms with Gasteiger partial charge in [-0.2, -0.15) is 0 Å². The second kappa shape index (κ2) is 12.8. The highest BCUT2D eigenvalue weighted by Crippen LogP contribution is 2.22. The number of carbonyl (C=O) groups excluding carboxylic acids is 2. The van der Waals surface area contributed by atoms with Gasteiger partial charge in [-0.3, -0.25) is 9.59 Å². The molecule has 7 heteroatoms. The van der Waals surface area contributed by atoms with E-state index in [0.717, 1.165) is 41.9 Å². The fraction of sp³-hybridized carbons (Fsp3) is 0.172. The summed E-state index contributed by atoms with van der Waals surface area (Å²) in [5.41, 5.74) is 4.14. The van der Waals surface area contributed by atoms with Crippen molar-refractivity contribution in [2.45, 2.75) is 25.7 Å². The van der Waals surface area contributed by atoms with E-state index in [-0.39, 0.29) is 11.8 Å². The lowest BCUT2D eigenvalue weighted by Crippen LogP contribution is -2.24. The highest BCUT2D eigenvalue weighted by Gasteiger charge is 2.06. The Balaban J connectivity index is 1.16. The third-order valence-corrected chi connectivity index (χ3v) is 5.58. The Morgan fingerprint density at radius 3 is 2.17 bits per heavy atom. The van der Waals surface area contributed by atoms with E-state index < -0.39 is 0 Å². The Morgan fingerprint density at radius 1 is 0.722 bits per heavy atom. The summed E-state index contributed by atoms with van der Waals surface area (Å²) >= 11 is 0. The molecule has 4 rings (SSSR count). The fourth-order valence-electron chi connectivity index (χ4n) is 3.68. The van der Waals surface area contributed by atoms with Crippen molar-refractivity contribution in [2.24, 2.45) is 0 Å². The lowest BCUT2D eigenvalue weighted by molar-refractivity contribution is -0.116. The van der Waals surface area contributed by atoms with Gasteiger partial charge in [0.15, 0.2) is 0 Å². The van der Waals surface area contributed by atoms with E-state index in [9.17, 15) is 9.59 Å². The number of hydrogen-bond acceptors (Lipinski definition) is 5. The molecule has 7 nitrogen and oxygen atoms in total. The minimum absolute atomic E-state index is 0.0210. The lowest BCUT2D eigenvalue weighted by Gasteiger charge is -2.09. The predicted octanol–water partition coefficient (Wildman–Crippen LogP) is 5.82. The highest BCUT2D eigenvalue weighted by molar-refractivity contribution is 5.94. The van der Waals surface area contributed by atoms with Gasteiger partial charge in [0, 0.05) is 41.5 Å². The van der Waals surface area contributed by atoms with Gasteiger partial charge in [0.25, 0.3) is 5.91 Å². The zero-order chi connectivity index (χ0) is 25.0. The minimum Gasteiger partial charge on any atom is -0.352 e. The van der Waals surface area contributed by atoms with Gasteiger partial charge in [-0.25, -0.2) is 9.97 Å². The molecule has 0 fully saturated rings. The molecule has 1 aromatic heterocycles. The third-order valence-electron chi connectivity index (χ3n) is 5.58. The first-order valence-corrected chi connectivity index (χ1v) is 12.0. The Bertz CT molecular complexity index is 1260. The summed E-state index contributed by atoms with van der Waals surface area (Å²) in [5.74, 6) is 0.607. The number of nitrogens with zero attached hydrogens (tertiary/aromatic N) is 2. The molecule has 0 radical (unpaired) electrons. The molecule has 0 saturated carbocycles. The number of unbranched alkanes of at least 4 members (excludes halogenated alkanes) is 2. The second-order valence-electron chi connectivity index (χ2n) is 8.34.